The molecule has 2 heterocycles. The van der Waals surface area contributed by atoms with E-state index in [9.17, 15) is 0 Å². The summed E-state index contributed by atoms with van der Waals surface area (Å²) in [7, 11) is 0. The lowest BCUT2D eigenvalue weighted by Gasteiger charge is -2.06. The number of nitrogens with zero attached hydrogens (tertiary/aromatic N) is 1. The van der Waals surface area contributed by atoms with Crippen LogP contribution in [0, 0.1) is 6.92 Å². The van der Waals surface area contributed by atoms with Crippen molar-refractivity contribution in [3.05, 3.63) is 22.5 Å². The maximum absolute atomic E-state index is 5.89. The molecule has 3 aromatic rings. The molecule has 18 heavy (non-hydrogen) atoms. The molecule has 0 atom stereocenters. The van der Waals surface area contributed by atoms with E-state index in [4.69, 9.17) is 4.74 Å². The van der Waals surface area contributed by atoms with Crippen LogP contribution in [0.1, 0.15) is 11.4 Å². The second-order valence-corrected chi connectivity index (χ2v) is 6.95. The van der Waals surface area contributed by atoms with Crippen molar-refractivity contribution in [2.75, 3.05) is 11.9 Å². The lowest BCUT2D eigenvalue weighted by Crippen LogP contribution is -1.97. The van der Waals surface area contributed by atoms with Gasteiger partial charge in [-0.25, -0.2) is 4.98 Å². The molecule has 3 rings (SSSR count). The normalized spacial score (nSPS) is 11.4. The number of aryl methyl sites for hydroxylation is 1. The number of alkyl halides is 1. The Kier molecular flexibility index (Phi) is 3.54. The number of halogens is 1. The average molecular weight is 342 g/mol. The molecule has 0 unspecified atom stereocenters. The Morgan fingerprint density at radius 2 is 2.33 bits per heavy atom. The second kappa shape index (κ2) is 5.15. The van der Waals surface area contributed by atoms with Gasteiger partial charge in [0.15, 0.2) is 0 Å². The zero-order chi connectivity index (χ0) is 12.5. The molecule has 0 bridgehead atoms. The van der Waals surface area contributed by atoms with Gasteiger partial charge in [0, 0.05) is 16.8 Å². The third-order valence-electron chi connectivity index (χ3n) is 2.70. The highest BCUT2D eigenvalue weighted by Gasteiger charge is 2.12. The molecule has 0 aliphatic heterocycles. The van der Waals surface area contributed by atoms with Crippen molar-refractivity contribution in [2.24, 2.45) is 0 Å². The Bertz CT molecular complexity index is 689. The van der Waals surface area contributed by atoms with Gasteiger partial charge in [0.1, 0.15) is 5.75 Å². The number of aromatic nitrogens is 1. The van der Waals surface area contributed by atoms with Crippen LogP contribution in [-0.2, 0) is 0 Å². The van der Waals surface area contributed by atoms with E-state index in [1.54, 1.807) is 22.7 Å². The predicted octanol–water partition coefficient (Wildman–Crippen LogP) is 4.98. The fourth-order valence-electron chi connectivity index (χ4n) is 1.94. The number of ether oxygens (including phenoxy) is 1. The van der Waals surface area contributed by atoms with Crippen LogP contribution in [-0.4, -0.2) is 16.9 Å². The van der Waals surface area contributed by atoms with Crippen molar-refractivity contribution in [3.8, 4) is 5.75 Å². The third kappa shape index (κ3) is 2.15. The zero-order valence-electron chi connectivity index (χ0n) is 9.90. The molecule has 0 radical (unpaired) electrons. The number of rotatable bonds is 4. The molecule has 5 heteroatoms. The number of fused-ring (bicyclic) bond motifs is 3. The summed E-state index contributed by atoms with van der Waals surface area (Å²) in [4.78, 5) is 4.62. The highest BCUT2D eigenvalue weighted by molar-refractivity contribution is 9.09. The first-order valence-electron chi connectivity index (χ1n) is 5.75. The molecule has 0 saturated heterocycles. The topological polar surface area (TPSA) is 22.1 Å². The summed E-state index contributed by atoms with van der Waals surface area (Å²) >= 11 is 6.89. The summed E-state index contributed by atoms with van der Waals surface area (Å²) in [5, 5.41) is 5.38. The molecular weight excluding hydrogens is 330 g/mol. The van der Waals surface area contributed by atoms with Crippen LogP contribution in [0.3, 0.4) is 0 Å². The van der Waals surface area contributed by atoms with Crippen LogP contribution < -0.4 is 4.74 Å². The van der Waals surface area contributed by atoms with E-state index < -0.39 is 0 Å². The van der Waals surface area contributed by atoms with E-state index in [0.717, 1.165) is 34.6 Å². The lowest BCUT2D eigenvalue weighted by molar-refractivity contribution is 0.323. The van der Waals surface area contributed by atoms with Crippen molar-refractivity contribution in [3.63, 3.8) is 0 Å². The number of hydrogen-bond acceptors (Lipinski definition) is 4. The zero-order valence-corrected chi connectivity index (χ0v) is 13.1. The molecule has 2 aromatic heterocycles. The summed E-state index contributed by atoms with van der Waals surface area (Å²) in [5.41, 5.74) is 1.12. The van der Waals surface area contributed by atoms with Gasteiger partial charge in [-0.3, -0.25) is 0 Å². The van der Waals surface area contributed by atoms with E-state index in [0.29, 0.717) is 0 Å². The molecule has 0 amide bonds. The Balaban J connectivity index is 2.12. The van der Waals surface area contributed by atoms with Crippen molar-refractivity contribution in [1.29, 1.82) is 0 Å². The average Bonchev–Trinajstić information content (AvgIpc) is 2.94. The van der Waals surface area contributed by atoms with Gasteiger partial charge < -0.3 is 4.74 Å². The molecule has 0 aliphatic rings. The van der Waals surface area contributed by atoms with Gasteiger partial charge >= 0.3 is 0 Å². The Morgan fingerprint density at radius 1 is 1.44 bits per heavy atom. The summed E-state index contributed by atoms with van der Waals surface area (Å²) in [6.07, 6.45) is 1.02. The molecule has 1 aromatic carbocycles. The van der Waals surface area contributed by atoms with Crippen LogP contribution in [0.15, 0.2) is 17.5 Å². The van der Waals surface area contributed by atoms with E-state index in [2.05, 4.69) is 45.4 Å². The second-order valence-electron chi connectivity index (χ2n) is 4.01. The first-order valence-corrected chi connectivity index (χ1v) is 8.57. The van der Waals surface area contributed by atoms with Crippen LogP contribution >= 0.6 is 38.6 Å². The quantitative estimate of drug-likeness (QED) is 0.493. The first kappa shape index (κ1) is 12.4. The van der Waals surface area contributed by atoms with Gasteiger partial charge in [-0.05, 0) is 24.8 Å². The minimum atomic E-state index is 0.749. The largest absolute Gasteiger partial charge is 0.493 e. The smallest absolute Gasteiger partial charge is 0.129 e. The molecule has 2 nitrogen and oxygen atoms in total. The van der Waals surface area contributed by atoms with Gasteiger partial charge in [0.2, 0.25) is 0 Å². The summed E-state index contributed by atoms with van der Waals surface area (Å²) in [6, 6.07) is 4.25. The molecule has 0 fully saturated rings. The highest BCUT2D eigenvalue weighted by atomic mass is 79.9. The molecule has 0 saturated carbocycles. The van der Waals surface area contributed by atoms with E-state index in [1.807, 2.05) is 0 Å². The lowest BCUT2D eigenvalue weighted by atomic mass is 10.2. The van der Waals surface area contributed by atoms with Gasteiger partial charge in [0.05, 0.1) is 26.5 Å². The third-order valence-corrected chi connectivity index (χ3v) is 5.10. The van der Waals surface area contributed by atoms with Gasteiger partial charge in [-0.15, -0.1) is 22.7 Å². The Hall–Kier alpha value is -0.650. The number of thiophene rings is 1. The van der Waals surface area contributed by atoms with Crippen LogP contribution in [0.5, 0.6) is 5.75 Å². The fraction of sp³-hybridized carbons (Fsp3) is 0.308. The van der Waals surface area contributed by atoms with Crippen molar-refractivity contribution >= 4 is 58.9 Å². The van der Waals surface area contributed by atoms with Crippen molar-refractivity contribution in [2.45, 2.75) is 13.3 Å². The SMILES string of the molecule is Cc1nc2c(cc(OCCCBr)c3ccsc32)s1. The minimum Gasteiger partial charge on any atom is -0.493 e. The van der Waals surface area contributed by atoms with Crippen LogP contribution in [0.2, 0.25) is 0 Å². The summed E-state index contributed by atoms with van der Waals surface area (Å²) in [6.45, 7) is 2.80. The van der Waals surface area contributed by atoms with Crippen molar-refractivity contribution in [1.82, 2.24) is 4.98 Å². The Morgan fingerprint density at radius 3 is 3.17 bits per heavy atom. The minimum absolute atomic E-state index is 0.749. The summed E-state index contributed by atoms with van der Waals surface area (Å²) in [5.74, 6) is 0.989. The van der Waals surface area contributed by atoms with Crippen LogP contribution in [0.4, 0.5) is 0 Å². The first-order chi connectivity index (χ1) is 8.79. The van der Waals surface area contributed by atoms with Gasteiger partial charge in [-0.2, -0.15) is 0 Å². The van der Waals surface area contributed by atoms with E-state index >= 15 is 0 Å². The Labute approximate surface area is 122 Å². The number of hydrogen-bond donors (Lipinski definition) is 0. The van der Waals surface area contributed by atoms with Crippen LogP contribution in [0.25, 0.3) is 20.3 Å². The molecule has 94 valence electrons. The number of thiazole rings is 1. The molecular formula is C13H12BrNOS2. The molecule has 0 N–H and O–H groups in total. The molecule has 0 spiro atoms. The van der Waals surface area contributed by atoms with E-state index in [-0.39, 0.29) is 0 Å². The van der Waals surface area contributed by atoms with Gasteiger partial charge in [0.25, 0.3) is 0 Å². The predicted molar refractivity (Wildman–Crippen MR) is 83.6 cm³/mol. The van der Waals surface area contributed by atoms with Crippen molar-refractivity contribution < 1.29 is 4.74 Å². The van der Waals surface area contributed by atoms with Gasteiger partial charge in [-0.1, -0.05) is 15.9 Å². The maximum atomic E-state index is 5.89. The summed E-state index contributed by atoms with van der Waals surface area (Å²) < 4.78 is 8.35. The highest BCUT2D eigenvalue weighted by Crippen LogP contribution is 2.38. The van der Waals surface area contributed by atoms with E-state index in [1.165, 1.54) is 14.8 Å². The molecule has 0 aliphatic carbocycles. The monoisotopic (exact) mass is 341 g/mol. The maximum Gasteiger partial charge on any atom is 0.129 e. The fourth-order valence-corrected chi connectivity index (χ4v) is 4.01. The number of benzene rings is 1. The standard InChI is InChI=1S/C13H12BrNOS2/c1-8-15-12-11(18-8)7-10(16-5-2-4-14)9-3-6-17-13(9)12/h3,6-7H,2,4-5H2,1H3.